The van der Waals surface area contributed by atoms with E-state index >= 15 is 0 Å². The average molecular weight is 284 g/mol. The molecule has 2 N–H and O–H groups in total. The fourth-order valence-electron chi connectivity index (χ4n) is 3.06. The van der Waals surface area contributed by atoms with E-state index in [-0.39, 0.29) is 5.54 Å². The largest absolute Gasteiger partial charge is 0.399 e. The first-order chi connectivity index (χ1) is 9.87. The molecule has 2 aromatic rings. The van der Waals surface area contributed by atoms with Gasteiger partial charge in [0.15, 0.2) is 0 Å². The van der Waals surface area contributed by atoms with Crippen molar-refractivity contribution in [1.29, 1.82) is 0 Å². The number of aromatic nitrogens is 1. The molecular weight excluding hydrogens is 260 g/mol. The Hall–Kier alpha value is -1.81. The normalized spacial score (nSPS) is 19.1. The molecule has 0 aliphatic carbocycles. The summed E-state index contributed by atoms with van der Waals surface area (Å²) in [6.07, 6.45) is 0. The minimum absolute atomic E-state index is 0.169. The Balaban J connectivity index is 2.09. The Morgan fingerprint density at radius 2 is 1.95 bits per heavy atom. The van der Waals surface area contributed by atoms with E-state index in [1.165, 1.54) is 5.69 Å². The van der Waals surface area contributed by atoms with Gasteiger partial charge in [0.1, 0.15) is 0 Å². The third kappa shape index (κ3) is 2.56. The van der Waals surface area contributed by atoms with Crippen molar-refractivity contribution in [2.45, 2.75) is 26.3 Å². The molecule has 3 rings (SSSR count). The Bertz CT molecular complexity index is 678. The molecule has 1 aromatic carbocycles. The van der Waals surface area contributed by atoms with E-state index in [1.54, 1.807) is 0 Å². The third-order valence-corrected chi connectivity index (χ3v) is 4.60. The van der Waals surface area contributed by atoms with Crippen LogP contribution in [0, 0.1) is 6.92 Å². The van der Waals surface area contributed by atoms with Gasteiger partial charge >= 0.3 is 0 Å². The first kappa shape index (κ1) is 14.1. The number of nitrogen functional groups attached to an aromatic ring is 1. The topological polar surface area (TPSA) is 45.4 Å². The molecule has 0 atom stereocenters. The van der Waals surface area contributed by atoms with Gasteiger partial charge in [-0.1, -0.05) is 0 Å². The summed E-state index contributed by atoms with van der Waals surface area (Å²) in [6, 6.07) is 8.17. The van der Waals surface area contributed by atoms with Crippen LogP contribution in [-0.2, 0) is 0 Å². The maximum atomic E-state index is 5.98. The Kier molecular flexibility index (Phi) is 3.29. The predicted molar refractivity (Wildman–Crippen MR) is 89.8 cm³/mol. The van der Waals surface area contributed by atoms with Crippen molar-refractivity contribution >= 4 is 22.3 Å². The number of hydrogen-bond donors (Lipinski definition) is 1. The zero-order valence-electron chi connectivity index (χ0n) is 13.3. The minimum atomic E-state index is 0.169. The molecule has 2 heterocycles. The highest BCUT2D eigenvalue weighted by atomic mass is 15.3. The number of benzene rings is 1. The van der Waals surface area contributed by atoms with Gasteiger partial charge in [0.25, 0.3) is 0 Å². The van der Waals surface area contributed by atoms with Crippen LogP contribution in [0.2, 0.25) is 0 Å². The lowest BCUT2D eigenvalue weighted by atomic mass is 9.98. The van der Waals surface area contributed by atoms with Crippen molar-refractivity contribution in [1.82, 2.24) is 9.88 Å². The maximum absolute atomic E-state index is 5.98. The van der Waals surface area contributed by atoms with Crippen LogP contribution in [0.15, 0.2) is 24.3 Å². The molecule has 21 heavy (non-hydrogen) atoms. The number of nitrogens with two attached hydrogens (primary N) is 1. The summed E-state index contributed by atoms with van der Waals surface area (Å²) in [4.78, 5) is 9.52. The fraction of sp³-hybridized carbons (Fsp3) is 0.471. The molecule has 0 bridgehead atoms. The van der Waals surface area contributed by atoms with Crippen LogP contribution >= 0.6 is 0 Å². The molecule has 0 amide bonds. The molecule has 1 aliphatic rings. The number of hydrogen-bond acceptors (Lipinski definition) is 4. The number of pyridine rings is 1. The van der Waals surface area contributed by atoms with Crippen LogP contribution in [0.4, 0.5) is 11.4 Å². The number of rotatable bonds is 1. The smallest absolute Gasteiger partial charge is 0.0727 e. The number of likely N-dealkylation sites (N-methyl/N-ethyl adjacent to an activating group) is 1. The van der Waals surface area contributed by atoms with Crippen LogP contribution in [-0.4, -0.2) is 42.1 Å². The first-order valence-corrected chi connectivity index (χ1v) is 7.50. The minimum Gasteiger partial charge on any atom is -0.399 e. The molecule has 1 saturated heterocycles. The lowest BCUT2D eigenvalue weighted by Gasteiger charge is -2.46. The number of piperazine rings is 1. The molecule has 0 unspecified atom stereocenters. The van der Waals surface area contributed by atoms with Gasteiger partial charge in [-0.3, -0.25) is 9.88 Å². The Morgan fingerprint density at radius 3 is 2.67 bits per heavy atom. The third-order valence-electron chi connectivity index (χ3n) is 4.60. The van der Waals surface area contributed by atoms with Gasteiger partial charge in [-0.15, -0.1) is 0 Å². The molecule has 0 spiro atoms. The van der Waals surface area contributed by atoms with Crippen LogP contribution < -0.4 is 10.6 Å². The number of nitrogens with zero attached hydrogens (tertiary/aromatic N) is 3. The van der Waals surface area contributed by atoms with Gasteiger partial charge < -0.3 is 10.6 Å². The summed E-state index contributed by atoms with van der Waals surface area (Å²) in [5.74, 6) is 0. The van der Waals surface area contributed by atoms with Crippen LogP contribution in [0.1, 0.15) is 19.5 Å². The van der Waals surface area contributed by atoms with Crippen molar-refractivity contribution in [2.24, 2.45) is 0 Å². The van der Waals surface area contributed by atoms with Gasteiger partial charge in [-0.05, 0) is 52.1 Å². The Labute approximate surface area is 126 Å². The second-order valence-electron chi connectivity index (χ2n) is 6.71. The molecule has 1 aromatic heterocycles. The summed E-state index contributed by atoms with van der Waals surface area (Å²) >= 11 is 0. The van der Waals surface area contributed by atoms with E-state index in [2.05, 4.69) is 48.7 Å². The molecule has 1 fully saturated rings. The maximum Gasteiger partial charge on any atom is 0.0727 e. The Morgan fingerprint density at radius 1 is 1.19 bits per heavy atom. The lowest BCUT2D eigenvalue weighted by Crippen LogP contribution is -2.57. The zero-order chi connectivity index (χ0) is 15.2. The van der Waals surface area contributed by atoms with E-state index in [1.807, 2.05) is 18.2 Å². The van der Waals surface area contributed by atoms with Gasteiger partial charge in [-0.2, -0.15) is 0 Å². The molecule has 0 radical (unpaired) electrons. The van der Waals surface area contributed by atoms with Gasteiger partial charge in [0.05, 0.1) is 5.52 Å². The first-order valence-electron chi connectivity index (χ1n) is 7.50. The lowest BCUT2D eigenvalue weighted by molar-refractivity contribution is 0.139. The summed E-state index contributed by atoms with van der Waals surface area (Å²) in [5, 5.41) is 1.15. The van der Waals surface area contributed by atoms with Gasteiger partial charge in [0.2, 0.25) is 0 Å². The van der Waals surface area contributed by atoms with E-state index in [9.17, 15) is 0 Å². The van der Waals surface area contributed by atoms with Crippen molar-refractivity contribution < 1.29 is 0 Å². The van der Waals surface area contributed by atoms with Gasteiger partial charge in [-0.25, -0.2) is 0 Å². The summed E-state index contributed by atoms with van der Waals surface area (Å²) in [6.45, 7) is 9.76. The van der Waals surface area contributed by atoms with Crippen molar-refractivity contribution in [3.05, 3.63) is 30.0 Å². The molecule has 4 nitrogen and oxygen atoms in total. The fourth-order valence-corrected chi connectivity index (χ4v) is 3.06. The van der Waals surface area contributed by atoms with Crippen LogP contribution in [0.25, 0.3) is 10.9 Å². The van der Waals surface area contributed by atoms with E-state index in [0.717, 1.165) is 41.9 Å². The summed E-state index contributed by atoms with van der Waals surface area (Å²) in [5.41, 5.74) is 10.3. The van der Waals surface area contributed by atoms with Gasteiger partial charge in [0, 0.05) is 47.6 Å². The SMILES string of the molecule is Cc1cc(N2CCN(C)C(C)(C)C2)c2cc(N)ccc2n1. The van der Waals surface area contributed by atoms with Crippen LogP contribution in [0.5, 0.6) is 0 Å². The standard InChI is InChI=1S/C17H24N4/c1-12-9-16(14-10-13(18)5-6-15(14)19-12)21-8-7-20(4)17(2,3)11-21/h5-6,9-10H,7-8,11,18H2,1-4H3. The number of fused-ring (bicyclic) bond motifs is 1. The molecule has 1 aliphatic heterocycles. The zero-order valence-corrected chi connectivity index (χ0v) is 13.3. The van der Waals surface area contributed by atoms with Crippen molar-refractivity contribution in [3.63, 3.8) is 0 Å². The molecule has 0 saturated carbocycles. The van der Waals surface area contributed by atoms with Crippen molar-refractivity contribution in [3.8, 4) is 0 Å². The van der Waals surface area contributed by atoms with E-state index in [0.29, 0.717) is 0 Å². The monoisotopic (exact) mass is 284 g/mol. The number of aryl methyl sites for hydroxylation is 1. The van der Waals surface area contributed by atoms with Crippen LogP contribution in [0.3, 0.4) is 0 Å². The summed E-state index contributed by atoms with van der Waals surface area (Å²) < 4.78 is 0. The predicted octanol–water partition coefficient (Wildman–Crippen LogP) is 2.66. The van der Waals surface area contributed by atoms with E-state index in [4.69, 9.17) is 5.73 Å². The quantitative estimate of drug-likeness (QED) is 0.818. The second kappa shape index (κ2) is 4.88. The molecule has 112 valence electrons. The molecular formula is C17H24N4. The highest BCUT2D eigenvalue weighted by molar-refractivity contribution is 5.94. The second-order valence-corrected chi connectivity index (χ2v) is 6.71. The highest BCUT2D eigenvalue weighted by Gasteiger charge is 2.31. The molecule has 4 heteroatoms. The average Bonchev–Trinajstić information content (AvgIpc) is 2.41. The number of anilines is 2. The van der Waals surface area contributed by atoms with E-state index < -0.39 is 0 Å². The summed E-state index contributed by atoms with van der Waals surface area (Å²) in [7, 11) is 2.20. The van der Waals surface area contributed by atoms with Crippen molar-refractivity contribution in [2.75, 3.05) is 37.3 Å². The highest BCUT2D eigenvalue weighted by Crippen LogP contribution is 2.31.